The molecule has 170 valence electrons. The molecule has 0 atom stereocenters. The highest BCUT2D eigenvalue weighted by atomic mass is 35.5. The number of aromatic nitrogens is 5. The molecule has 0 saturated heterocycles. The number of anilines is 1. The molecule has 0 aliphatic heterocycles. The van der Waals surface area contributed by atoms with Crippen molar-refractivity contribution in [1.29, 1.82) is 0 Å². The third-order valence-electron chi connectivity index (χ3n) is 5.28. The van der Waals surface area contributed by atoms with Gasteiger partial charge in [0.15, 0.2) is 5.16 Å². The molecule has 1 amide bonds. The summed E-state index contributed by atoms with van der Waals surface area (Å²) in [6, 6.07) is 9.22. The summed E-state index contributed by atoms with van der Waals surface area (Å²) in [5.74, 6) is 0.571. The van der Waals surface area contributed by atoms with Crippen LogP contribution < -0.4 is 10.9 Å². The molecule has 0 aliphatic rings. The Morgan fingerprint density at radius 1 is 1.12 bits per heavy atom. The van der Waals surface area contributed by atoms with Crippen molar-refractivity contribution in [3.05, 3.63) is 80.1 Å². The highest BCUT2D eigenvalue weighted by Crippen LogP contribution is 2.24. The second kappa shape index (κ2) is 9.36. The summed E-state index contributed by atoms with van der Waals surface area (Å²) in [4.78, 5) is 30.0. The molecule has 0 fully saturated rings. The van der Waals surface area contributed by atoms with E-state index in [4.69, 9.17) is 11.6 Å². The van der Waals surface area contributed by atoms with Crippen LogP contribution in [0.4, 0.5) is 5.69 Å². The van der Waals surface area contributed by atoms with E-state index in [-0.39, 0.29) is 17.2 Å². The average Bonchev–Trinajstić information content (AvgIpc) is 3.10. The van der Waals surface area contributed by atoms with Crippen LogP contribution in [0.5, 0.6) is 0 Å². The number of fused-ring (bicyclic) bond motifs is 1. The van der Waals surface area contributed by atoms with Gasteiger partial charge in [-0.25, -0.2) is 4.98 Å². The minimum atomic E-state index is -0.196. The number of pyridine rings is 1. The topological polar surface area (TPSA) is 94.2 Å². The van der Waals surface area contributed by atoms with Crippen LogP contribution in [-0.2, 0) is 18.3 Å². The molecule has 1 aromatic carbocycles. The number of amides is 1. The number of nitrogens with zero attached hydrogens (tertiary/aromatic N) is 5. The summed E-state index contributed by atoms with van der Waals surface area (Å²) >= 11 is 7.45. The number of halogens is 1. The van der Waals surface area contributed by atoms with Crippen LogP contribution >= 0.6 is 23.4 Å². The van der Waals surface area contributed by atoms with Gasteiger partial charge in [0.25, 0.3) is 5.56 Å². The van der Waals surface area contributed by atoms with Crippen molar-refractivity contribution in [3.63, 3.8) is 0 Å². The molecule has 33 heavy (non-hydrogen) atoms. The lowest BCUT2D eigenvalue weighted by Crippen LogP contribution is -2.22. The smallest absolute Gasteiger partial charge is 0.261 e. The van der Waals surface area contributed by atoms with Gasteiger partial charge in [-0.15, -0.1) is 10.2 Å². The number of thioether (sulfide) groups is 1. The maximum Gasteiger partial charge on any atom is 0.261 e. The second-order valence-electron chi connectivity index (χ2n) is 7.87. The van der Waals surface area contributed by atoms with Gasteiger partial charge in [-0.1, -0.05) is 29.4 Å². The second-order valence-corrected chi connectivity index (χ2v) is 9.22. The molecule has 4 aromatic rings. The first-order valence-electron chi connectivity index (χ1n) is 10.3. The molecule has 10 heteroatoms. The molecule has 3 aromatic heterocycles. The summed E-state index contributed by atoms with van der Waals surface area (Å²) in [5, 5.41) is 12.3. The van der Waals surface area contributed by atoms with Gasteiger partial charge in [-0.3, -0.25) is 14.0 Å². The van der Waals surface area contributed by atoms with Gasteiger partial charge in [-0.05, 0) is 56.2 Å². The SMILES string of the molecule is Cc1ccc(NC(=O)CSc2nnc(Cc3c(C)nc4cc(C)ccn4c3=O)n2C)c(Cl)c1. The van der Waals surface area contributed by atoms with E-state index < -0.39 is 0 Å². The average molecular weight is 483 g/mol. The molecule has 0 unspecified atom stereocenters. The fourth-order valence-electron chi connectivity index (χ4n) is 3.41. The fraction of sp³-hybridized carbons (Fsp3) is 0.261. The van der Waals surface area contributed by atoms with Crippen molar-refractivity contribution < 1.29 is 4.79 Å². The number of nitrogens with one attached hydrogen (secondary N) is 1. The van der Waals surface area contributed by atoms with Gasteiger partial charge in [0.1, 0.15) is 11.5 Å². The summed E-state index contributed by atoms with van der Waals surface area (Å²) in [6.07, 6.45) is 2.03. The van der Waals surface area contributed by atoms with Crippen LogP contribution in [0.1, 0.15) is 28.2 Å². The summed E-state index contributed by atoms with van der Waals surface area (Å²) in [5.41, 5.74) is 4.36. The van der Waals surface area contributed by atoms with Crippen molar-refractivity contribution in [2.75, 3.05) is 11.1 Å². The van der Waals surface area contributed by atoms with E-state index in [1.807, 2.05) is 46.0 Å². The van der Waals surface area contributed by atoms with E-state index >= 15 is 0 Å². The number of benzene rings is 1. The first-order chi connectivity index (χ1) is 15.7. The molecule has 0 spiro atoms. The Balaban J connectivity index is 1.48. The van der Waals surface area contributed by atoms with Crippen molar-refractivity contribution >= 4 is 40.6 Å². The van der Waals surface area contributed by atoms with Crippen LogP contribution in [0.25, 0.3) is 5.65 Å². The van der Waals surface area contributed by atoms with Gasteiger partial charge < -0.3 is 9.88 Å². The monoisotopic (exact) mass is 482 g/mol. The molecule has 8 nitrogen and oxygen atoms in total. The Bertz CT molecular complexity index is 1430. The molecular weight excluding hydrogens is 460 g/mol. The Morgan fingerprint density at radius 3 is 2.64 bits per heavy atom. The molecule has 0 bridgehead atoms. The zero-order chi connectivity index (χ0) is 23.7. The fourth-order valence-corrected chi connectivity index (χ4v) is 4.42. The van der Waals surface area contributed by atoms with E-state index in [0.29, 0.717) is 45.0 Å². The lowest BCUT2D eigenvalue weighted by Gasteiger charge is -2.09. The number of hydrogen-bond acceptors (Lipinski definition) is 6. The van der Waals surface area contributed by atoms with E-state index in [1.54, 1.807) is 27.3 Å². The highest BCUT2D eigenvalue weighted by Gasteiger charge is 2.17. The predicted octanol–water partition coefficient (Wildman–Crippen LogP) is 3.72. The van der Waals surface area contributed by atoms with Crippen molar-refractivity contribution in [2.45, 2.75) is 32.3 Å². The Kier molecular flexibility index (Phi) is 6.53. The maximum absolute atomic E-state index is 13.0. The normalized spacial score (nSPS) is 11.2. The molecule has 0 aliphatic carbocycles. The zero-order valence-corrected chi connectivity index (χ0v) is 20.3. The number of carbonyl (C=O) groups excluding carboxylic acids is 1. The van der Waals surface area contributed by atoms with Gasteiger partial charge >= 0.3 is 0 Å². The van der Waals surface area contributed by atoms with E-state index in [0.717, 1.165) is 11.1 Å². The van der Waals surface area contributed by atoms with E-state index in [1.165, 1.54) is 11.8 Å². The zero-order valence-electron chi connectivity index (χ0n) is 18.7. The summed E-state index contributed by atoms with van der Waals surface area (Å²) in [6.45, 7) is 5.72. The first kappa shape index (κ1) is 23.0. The van der Waals surface area contributed by atoms with Crippen molar-refractivity contribution in [2.24, 2.45) is 7.05 Å². The largest absolute Gasteiger partial charge is 0.324 e. The third kappa shape index (κ3) is 4.94. The Labute approximate surface area is 200 Å². The van der Waals surface area contributed by atoms with Crippen LogP contribution in [0.2, 0.25) is 5.02 Å². The van der Waals surface area contributed by atoms with Crippen molar-refractivity contribution in [1.82, 2.24) is 24.1 Å². The number of carbonyl (C=O) groups is 1. The molecule has 0 radical (unpaired) electrons. The third-order valence-corrected chi connectivity index (χ3v) is 6.61. The standard InChI is InChI=1S/C23H23ClN6O2S/c1-13-5-6-18(17(24)9-13)26-21(31)12-33-23-28-27-20(29(23)4)11-16-15(3)25-19-10-14(2)7-8-30(19)22(16)32/h5-10H,11-12H2,1-4H3,(H,26,31). The number of hydrogen-bond donors (Lipinski definition) is 1. The highest BCUT2D eigenvalue weighted by molar-refractivity contribution is 7.99. The number of rotatable bonds is 6. The molecule has 1 N–H and O–H groups in total. The van der Waals surface area contributed by atoms with Gasteiger partial charge in [0.2, 0.25) is 5.91 Å². The summed E-state index contributed by atoms with van der Waals surface area (Å²) < 4.78 is 3.33. The Hall–Kier alpha value is -3.17. The lowest BCUT2D eigenvalue weighted by atomic mass is 10.1. The lowest BCUT2D eigenvalue weighted by molar-refractivity contribution is -0.113. The summed E-state index contributed by atoms with van der Waals surface area (Å²) in [7, 11) is 1.82. The molecular formula is C23H23ClN6O2S. The van der Waals surface area contributed by atoms with Gasteiger partial charge in [0, 0.05) is 30.9 Å². The molecule has 4 rings (SSSR count). The quantitative estimate of drug-likeness (QED) is 0.421. The van der Waals surface area contributed by atoms with Crippen LogP contribution in [0.15, 0.2) is 46.5 Å². The molecule has 0 saturated carbocycles. The Morgan fingerprint density at radius 2 is 1.88 bits per heavy atom. The minimum Gasteiger partial charge on any atom is -0.324 e. The minimum absolute atomic E-state index is 0.121. The van der Waals surface area contributed by atoms with Gasteiger partial charge in [0.05, 0.1) is 16.5 Å². The van der Waals surface area contributed by atoms with Crippen molar-refractivity contribution in [3.8, 4) is 0 Å². The van der Waals surface area contributed by atoms with E-state index in [2.05, 4.69) is 20.5 Å². The van der Waals surface area contributed by atoms with Crippen LogP contribution in [-0.4, -0.2) is 35.8 Å². The maximum atomic E-state index is 13.0. The predicted molar refractivity (Wildman–Crippen MR) is 130 cm³/mol. The first-order valence-corrected chi connectivity index (χ1v) is 11.6. The van der Waals surface area contributed by atoms with Crippen LogP contribution in [0, 0.1) is 20.8 Å². The van der Waals surface area contributed by atoms with Gasteiger partial charge in [-0.2, -0.15) is 0 Å². The van der Waals surface area contributed by atoms with E-state index in [9.17, 15) is 9.59 Å². The number of aryl methyl sites for hydroxylation is 3. The van der Waals surface area contributed by atoms with Crippen LogP contribution in [0.3, 0.4) is 0 Å². The molecule has 3 heterocycles.